The van der Waals surface area contributed by atoms with E-state index in [2.05, 4.69) is 0 Å². The van der Waals surface area contributed by atoms with Gasteiger partial charge in [-0.05, 0) is 49.6 Å². The number of ether oxygens (including phenoxy) is 2. The van der Waals surface area contributed by atoms with Crippen LogP contribution in [0.1, 0.15) is 54.9 Å². The summed E-state index contributed by atoms with van der Waals surface area (Å²) in [6.45, 7) is 2.70. The third-order valence-corrected chi connectivity index (χ3v) is 9.34. The first kappa shape index (κ1) is 23.8. The Labute approximate surface area is 205 Å². The lowest BCUT2D eigenvalue weighted by atomic mass is 9.68. The van der Waals surface area contributed by atoms with E-state index in [1.165, 1.54) is 23.4 Å². The van der Waals surface area contributed by atoms with Crippen LogP contribution >= 0.6 is 0 Å². The first-order chi connectivity index (χ1) is 16.8. The zero-order valence-electron chi connectivity index (χ0n) is 19.9. The number of rotatable bonds is 5. The van der Waals surface area contributed by atoms with E-state index in [1.54, 1.807) is 12.1 Å². The molecule has 2 aromatic rings. The molecular formula is C26H30N2O6S. The molecule has 0 spiro atoms. The van der Waals surface area contributed by atoms with E-state index in [-0.39, 0.29) is 36.5 Å². The molecule has 2 aliphatic heterocycles. The second-order valence-electron chi connectivity index (χ2n) is 9.49. The third-order valence-electron chi connectivity index (χ3n) is 7.45. The van der Waals surface area contributed by atoms with Gasteiger partial charge in [-0.2, -0.15) is 4.31 Å². The summed E-state index contributed by atoms with van der Waals surface area (Å²) in [4.78, 5) is 27.6. The van der Waals surface area contributed by atoms with Crippen LogP contribution in [-0.4, -0.2) is 62.3 Å². The molecular weight excluding hydrogens is 468 g/mol. The lowest BCUT2D eigenvalue weighted by Crippen LogP contribution is -2.56. The van der Waals surface area contributed by atoms with Gasteiger partial charge in [0.25, 0.3) is 0 Å². The van der Waals surface area contributed by atoms with Crippen LogP contribution in [0.25, 0.3) is 0 Å². The number of fused-ring (bicyclic) bond motifs is 1. The van der Waals surface area contributed by atoms with Crippen molar-refractivity contribution in [2.45, 2.75) is 49.3 Å². The minimum absolute atomic E-state index is 0.0618. The summed E-state index contributed by atoms with van der Waals surface area (Å²) in [5.41, 5.74) is 0.682. The molecule has 0 aromatic heterocycles. The van der Waals surface area contributed by atoms with E-state index in [9.17, 15) is 18.0 Å². The van der Waals surface area contributed by atoms with Crippen molar-refractivity contribution in [3.63, 3.8) is 0 Å². The Hall–Kier alpha value is -2.91. The highest BCUT2D eigenvalue weighted by atomic mass is 32.2. The van der Waals surface area contributed by atoms with Gasteiger partial charge in [-0.15, -0.1) is 0 Å². The van der Waals surface area contributed by atoms with Gasteiger partial charge < -0.3 is 14.4 Å². The van der Waals surface area contributed by atoms with Crippen LogP contribution in [-0.2, 0) is 20.2 Å². The molecule has 0 bridgehead atoms. The molecule has 3 aliphatic rings. The van der Waals surface area contributed by atoms with Crippen molar-refractivity contribution in [1.82, 2.24) is 9.21 Å². The predicted molar refractivity (Wildman–Crippen MR) is 129 cm³/mol. The van der Waals surface area contributed by atoms with E-state index >= 15 is 0 Å². The van der Waals surface area contributed by atoms with Crippen molar-refractivity contribution in [3.05, 3.63) is 53.6 Å². The molecule has 186 valence electrons. The summed E-state index contributed by atoms with van der Waals surface area (Å²) in [7, 11) is -3.75. The van der Waals surface area contributed by atoms with Crippen molar-refractivity contribution < 1.29 is 27.5 Å². The molecule has 0 unspecified atom stereocenters. The molecule has 2 heterocycles. The van der Waals surface area contributed by atoms with Crippen LogP contribution in [0.3, 0.4) is 0 Å². The smallest absolute Gasteiger partial charge is 0.243 e. The number of amides is 1. The van der Waals surface area contributed by atoms with E-state index in [0.29, 0.717) is 30.2 Å². The number of ketones is 1. The van der Waals surface area contributed by atoms with E-state index in [0.717, 1.165) is 37.7 Å². The number of sulfonamides is 1. The number of carbonyl (C=O) groups is 2. The number of carbonyl (C=O) groups excluding carboxylic acids is 2. The molecule has 0 atom stereocenters. The van der Waals surface area contributed by atoms with Crippen LogP contribution < -0.4 is 9.47 Å². The van der Waals surface area contributed by atoms with Gasteiger partial charge in [-0.3, -0.25) is 9.59 Å². The molecule has 5 rings (SSSR count). The Morgan fingerprint density at radius 2 is 1.60 bits per heavy atom. The second-order valence-corrected chi connectivity index (χ2v) is 11.4. The minimum atomic E-state index is -3.75. The molecule has 1 saturated carbocycles. The normalized spacial score (nSPS) is 20.0. The summed E-state index contributed by atoms with van der Waals surface area (Å²) in [6.07, 6.45) is 4.58. The summed E-state index contributed by atoms with van der Waals surface area (Å²) in [5, 5.41) is 0. The topological polar surface area (TPSA) is 93.2 Å². The molecule has 1 saturated heterocycles. The molecule has 2 aromatic carbocycles. The molecule has 2 fully saturated rings. The van der Waals surface area contributed by atoms with Gasteiger partial charge in [0.05, 0.1) is 10.3 Å². The third kappa shape index (κ3) is 4.31. The Morgan fingerprint density at radius 3 is 2.31 bits per heavy atom. The summed E-state index contributed by atoms with van der Waals surface area (Å²) >= 11 is 0. The fourth-order valence-electron chi connectivity index (χ4n) is 5.43. The molecule has 1 aliphatic carbocycles. The number of benzene rings is 2. The maximum Gasteiger partial charge on any atom is 0.243 e. The molecule has 8 nitrogen and oxygen atoms in total. The zero-order valence-corrected chi connectivity index (χ0v) is 20.7. The fourth-order valence-corrected chi connectivity index (χ4v) is 6.90. The Morgan fingerprint density at radius 1 is 0.886 bits per heavy atom. The van der Waals surface area contributed by atoms with Crippen LogP contribution in [0.4, 0.5) is 0 Å². The van der Waals surface area contributed by atoms with Crippen LogP contribution in [0.5, 0.6) is 11.5 Å². The first-order valence-electron chi connectivity index (χ1n) is 12.1. The lowest BCUT2D eigenvalue weighted by Gasteiger charge is -2.43. The fraction of sp³-hybridized carbons (Fsp3) is 0.462. The highest BCUT2D eigenvalue weighted by Gasteiger charge is 2.45. The van der Waals surface area contributed by atoms with Crippen molar-refractivity contribution in [2.24, 2.45) is 0 Å². The molecule has 1 amide bonds. The van der Waals surface area contributed by atoms with Crippen molar-refractivity contribution in [1.29, 1.82) is 0 Å². The van der Waals surface area contributed by atoms with E-state index in [1.807, 2.05) is 23.1 Å². The van der Waals surface area contributed by atoms with Gasteiger partial charge in [-0.25, -0.2) is 8.42 Å². The molecule has 0 N–H and O–H groups in total. The minimum Gasteiger partial charge on any atom is -0.454 e. The Balaban J connectivity index is 1.34. The Bertz CT molecular complexity index is 1240. The largest absolute Gasteiger partial charge is 0.454 e. The van der Waals surface area contributed by atoms with Gasteiger partial charge in [0.1, 0.15) is 0 Å². The van der Waals surface area contributed by atoms with Crippen molar-refractivity contribution >= 4 is 21.7 Å². The van der Waals surface area contributed by atoms with Crippen molar-refractivity contribution in [3.8, 4) is 11.5 Å². The van der Waals surface area contributed by atoms with Crippen LogP contribution in [0.2, 0.25) is 0 Å². The van der Waals surface area contributed by atoms with Crippen LogP contribution in [0, 0.1) is 0 Å². The van der Waals surface area contributed by atoms with Crippen molar-refractivity contribution in [2.75, 3.05) is 33.0 Å². The molecule has 35 heavy (non-hydrogen) atoms. The van der Waals surface area contributed by atoms with Gasteiger partial charge in [0.15, 0.2) is 17.3 Å². The highest BCUT2D eigenvalue weighted by molar-refractivity contribution is 7.89. The van der Waals surface area contributed by atoms with Crippen LogP contribution in [0.15, 0.2) is 47.4 Å². The quantitative estimate of drug-likeness (QED) is 0.587. The first-order valence-corrected chi connectivity index (χ1v) is 13.6. The number of hydrogen-bond donors (Lipinski definition) is 0. The second kappa shape index (κ2) is 9.28. The monoisotopic (exact) mass is 498 g/mol. The Kier molecular flexibility index (Phi) is 6.31. The predicted octanol–water partition coefficient (Wildman–Crippen LogP) is 3.35. The van der Waals surface area contributed by atoms with Gasteiger partial charge in [0, 0.05) is 31.7 Å². The molecule has 9 heteroatoms. The number of Topliss-reactive ketones (excluding diaryl/α,β-unsaturated/α-hetero) is 1. The number of piperazine rings is 1. The van der Waals surface area contributed by atoms with E-state index in [4.69, 9.17) is 9.47 Å². The van der Waals surface area contributed by atoms with Gasteiger partial charge >= 0.3 is 0 Å². The number of hydrogen-bond acceptors (Lipinski definition) is 6. The summed E-state index contributed by atoms with van der Waals surface area (Å²) < 4.78 is 38.9. The van der Waals surface area contributed by atoms with E-state index < -0.39 is 15.4 Å². The molecule has 0 radical (unpaired) electrons. The lowest BCUT2D eigenvalue weighted by molar-refractivity contribution is -0.140. The average molecular weight is 499 g/mol. The summed E-state index contributed by atoms with van der Waals surface area (Å²) in [5.74, 6) is 1.24. The maximum absolute atomic E-state index is 14.0. The number of nitrogens with zero attached hydrogens (tertiary/aromatic N) is 2. The maximum atomic E-state index is 14.0. The zero-order chi connectivity index (χ0) is 24.6. The van der Waals surface area contributed by atoms with Gasteiger partial charge in [-0.1, -0.05) is 37.5 Å². The average Bonchev–Trinajstić information content (AvgIpc) is 3.37. The summed E-state index contributed by atoms with van der Waals surface area (Å²) in [6, 6.07) is 11.9. The van der Waals surface area contributed by atoms with Gasteiger partial charge in [0.2, 0.25) is 22.7 Å². The highest BCUT2D eigenvalue weighted by Crippen LogP contribution is 2.44. The SMILES string of the molecule is CC(=O)c1cccc(S(=O)(=O)N2CCN(C(=O)C3(c4ccc5c(c4)OCO5)CCCCC3)CC2)c1. The standard InChI is InChI=1S/C26H30N2O6S/c1-19(29)20-6-5-7-22(16-20)35(31,32)28-14-12-27(13-15-28)25(30)26(10-3-2-4-11-26)21-8-9-23-24(17-21)34-18-33-23/h5-9,16-17H,2-4,10-15,18H2,1H3.